The summed E-state index contributed by atoms with van der Waals surface area (Å²) in [5.41, 5.74) is 0. The van der Waals surface area contributed by atoms with E-state index in [0.717, 1.165) is 24.9 Å². The molecule has 0 spiro atoms. The van der Waals surface area contributed by atoms with Gasteiger partial charge in [-0.3, -0.25) is 4.68 Å². The standard InChI is InChI=1S/C17H34N6/c1-5-7-8-9-10-11-15(3)12-19-17(18-6-2)20-13-16-21-14-22-23(16)4/h14-15H,5-13H2,1-4H3,(H2,18,19,20). The SMILES string of the molecule is CCCCCCCC(C)CNC(=NCc1ncnn1C)NCC. The number of rotatable bonds is 11. The number of hydrogen-bond donors (Lipinski definition) is 2. The highest BCUT2D eigenvalue weighted by Gasteiger charge is 2.05. The molecule has 0 amide bonds. The Morgan fingerprint density at radius 1 is 1.22 bits per heavy atom. The first kappa shape index (κ1) is 19.5. The van der Waals surface area contributed by atoms with Gasteiger partial charge >= 0.3 is 0 Å². The van der Waals surface area contributed by atoms with Crippen LogP contribution in [0.5, 0.6) is 0 Å². The number of aromatic nitrogens is 3. The van der Waals surface area contributed by atoms with Crippen molar-refractivity contribution in [3.63, 3.8) is 0 Å². The fourth-order valence-corrected chi connectivity index (χ4v) is 2.42. The minimum Gasteiger partial charge on any atom is -0.357 e. The van der Waals surface area contributed by atoms with Gasteiger partial charge in [0.05, 0.1) is 0 Å². The van der Waals surface area contributed by atoms with Crippen molar-refractivity contribution >= 4 is 5.96 Å². The molecule has 0 bridgehead atoms. The molecule has 1 aromatic rings. The summed E-state index contributed by atoms with van der Waals surface area (Å²) in [4.78, 5) is 8.78. The number of guanidine groups is 1. The molecule has 0 saturated carbocycles. The molecule has 132 valence electrons. The normalized spacial score (nSPS) is 13.1. The van der Waals surface area contributed by atoms with Crippen molar-refractivity contribution < 1.29 is 0 Å². The van der Waals surface area contributed by atoms with Gasteiger partial charge in [-0.2, -0.15) is 5.10 Å². The second-order valence-electron chi connectivity index (χ2n) is 6.18. The topological polar surface area (TPSA) is 67.1 Å². The smallest absolute Gasteiger partial charge is 0.191 e. The van der Waals surface area contributed by atoms with Gasteiger partial charge < -0.3 is 10.6 Å². The maximum absolute atomic E-state index is 4.58. The number of nitrogens with zero attached hydrogens (tertiary/aromatic N) is 4. The highest BCUT2D eigenvalue weighted by Crippen LogP contribution is 2.10. The molecule has 0 aromatic carbocycles. The summed E-state index contributed by atoms with van der Waals surface area (Å²) >= 11 is 0. The molecule has 0 radical (unpaired) electrons. The van der Waals surface area contributed by atoms with Crippen LogP contribution in [0.25, 0.3) is 0 Å². The molecule has 1 atom stereocenters. The van der Waals surface area contributed by atoms with E-state index < -0.39 is 0 Å². The van der Waals surface area contributed by atoms with E-state index in [9.17, 15) is 0 Å². The van der Waals surface area contributed by atoms with Crippen LogP contribution in [0.2, 0.25) is 0 Å². The Labute approximate surface area is 141 Å². The highest BCUT2D eigenvalue weighted by molar-refractivity contribution is 5.79. The van der Waals surface area contributed by atoms with Crippen molar-refractivity contribution in [2.45, 2.75) is 65.8 Å². The minimum atomic E-state index is 0.539. The van der Waals surface area contributed by atoms with E-state index in [0.29, 0.717) is 12.5 Å². The van der Waals surface area contributed by atoms with E-state index in [1.54, 1.807) is 11.0 Å². The Balaban J connectivity index is 2.30. The van der Waals surface area contributed by atoms with E-state index in [2.05, 4.69) is 46.5 Å². The summed E-state index contributed by atoms with van der Waals surface area (Å²) < 4.78 is 1.76. The van der Waals surface area contributed by atoms with E-state index >= 15 is 0 Å². The van der Waals surface area contributed by atoms with E-state index in [1.807, 2.05) is 7.05 Å². The van der Waals surface area contributed by atoms with Crippen molar-refractivity contribution in [1.29, 1.82) is 0 Å². The first-order chi connectivity index (χ1) is 11.2. The van der Waals surface area contributed by atoms with Crippen molar-refractivity contribution in [2.75, 3.05) is 13.1 Å². The molecule has 1 unspecified atom stereocenters. The van der Waals surface area contributed by atoms with Crippen LogP contribution >= 0.6 is 0 Å². The molecular formula is C17H34N6. The van der Waals surface area contributed by atoms with Crippen molar-refractivity contribution in [2.24, 2.45) is 18.0 Å². The van der Waals surface area contributed by atoms with Crippen LogP contribution in [-0.2, 0) is 13.6 Å². The zero-order valence-corrected chi connectivity index (χ0v) is 15.3. The molecular weight excluding hydrogens is 288 g/mol. The fraction of sp³-hybridized carbons (Fsp3) is 0.824. The van der Waals surface area contributed by atoms with Gasteiger partial charge in [0.15, 0.2) is 5.96 Å². The van der Waals surface area contributed by atoms with Crippen LogP contribution in [0.15, 0.2) is 11.3 Å². The van der Waals surface area contributed by atoms with Gasteiger partial charge in [0.25, 0.3) is 0 Å². The van der Waals surface area contributed by atoms with Crippen molar-refractivity contribution in [1.82, 2.24) is 25.4 Å². The highest BCUT2D eigenvalue weighted by atomic mass is 15.3. The average Bonchev–Trinajstić information content (AvgIpc) is 2.95. The van der Waals surface area contributed by atoms with E-state index in [-0.39, 0.29) is 0 Å². The first-order valence-corrected chi connectivity index (χ1v) is 9.02. The Kier molecular flexibility index (Phi) is 10.1. The summed E-state index contributed by atoms with van der Waals surface area (Å²) in [5, 5.41) is 10.8. The van der Waals surface area contributed by atoms with E-state index in [1.165, 1.54) is 38.5 Å². The van der Waals surface area contributed by atoms with Gasteiger partial charge in [0.2, 0.25) is 0 Å². The van der Waals surface area contributed by atoms with Gasteiger partial charge in [0.1, 0.15) is 18.7 Å². The van der Waals surface area contributed by atoms with Gasteiger partial charge in [0, 0.05) is 20.1 Å². The zero-order chi connectivity index (χ0) is 16.9. The van der Waals surface area contributed by atoms with Gasteiger partial charge in [-0.1, -0.05) is 46.0 Å². The van der Waals surface area contributed by atoms with Crippen molar-refractivity contribution in [3.8, 4) is 0 Å². The average molecular weight is 323 g/mol. The number of aliphatic imine (C=N–C) groups is 1. The summed E-state index contributed by atoms with van der Waals surface area (Å²) in [6, 6.07) is 0. The zero-order valence-electron chi connectivity index (χ0n) is 15.3. The van der Waals surface area contributed by atoms with Crippen LogP contribution in [0.3, 0.4) is 0 Å². The van der Waals surface area contributed by atoms with Crippen LogP contribution in [0.1, 0.15) is 65.1 Å². The molecule has 0 aliphatic rings. The molecule has 23 heavy (non-hydrogen) atoms. The summed E-state index contributed by atoms with van der Waals surface area (Å²) in [5.74, 6) is 2.38. The lowest BCUT2D eigenvalue weighted by Crippen LogP contribution is -2.39. The second-order valence-corrected chi connectivity index (χ2v) is 6.18. The monoisotopic (exact) mass is 322 g/mol. The van der Waals surface area contributed by atoms with Gasteiger partial charge in [-0.15, -0.1) is 0 Å². The molecule has 1 heterocycles. The van der Waals surface area contributed by atoms with Crippen LogP contribution in [0.4, 0.5) is 0 Å². The van der Waals surface area contributed by atoms with Gasteiger partial charge in [-0.05, 0) is 19.3 Å². The molecule has 6 nitrogen and oxygen atoms in total. The summed E-state index contributed by atoms with van der Waals surface area (Å²) in [6.07, 6.45) is 9.58. The quantitative estimate of drug-likeness (QED) is 0.373. The molecule has 6 heteroatoms. The molecule has 0 saturated heterocycles. The predicted octanol–water partition coefficient (Wildman–Crippen LogP) is 2.87. The van der Waals surface area contributed by atoms with Crippen molar-refractivity contribution in [3.05, 3.63) is 12.2 Å². The maximum Gasteiger partial charge on any atom is 0.191 e. The Hall–Kier alpha value is -1.59. The van der Waals surface area contributed by atoms with Gasteiger partial charge in [-0.25, -0.2) is 9.98 Å². The lowest BCUT2D eigenvalue weighted by Gasteiger charge is -2.15. The Morgan fingerprint density at radius 2 is 2.00 bits per heavy atom. The lowest BCUT2D eigenvalue weighted by atomic mass is 10.0. The van der Waals surface area contributed by atoms with Crippen LogP contribution in [-0.4, -0.2) is 33.8 Å². The fourth-order valence-electron chi connectivity index (χ4n) is 2.42. The summed E-state index contributed by atoms with van der Waals surface area (Å²) in [7, 11) is 1.89. The second kappa shape index (κ2) is 11.9. The third-order valence-electron chi connectivity index (χ3n) is 3.95. The maximum atomic E-state index is 4.58. The van der Waals surface area contributed by atoms with Crippen LogP contribution in [0, 0.1) is 5.92 Å². The number of hydrogen-bond acceptors (Lipinski definition) is 3. The Bertz CT molecular complexity index is 440. The van der Waals surface area contributed by atoms with E-state index in [4.69, 9.17) is 0 Å². The molecule has 0 fully saturated rings. The number of nitrogens with one attached hydrogen (secondary N) is 2. The molecule has 2 N–H and O–H groups in total. The third-order valence-corrected chi connectivity index (χ3v) is 3.95. The first-order valence-electron chi connectivity index (χ1n) is 9.02. The molecule has 1 rings (SSSR count). The minimum absolute atomic E-state index is 0.539. The largest absolute Gasteiger partial charge is 0.357 e. The molecule has 0 aliphatic heterocycles. The number of aryl methyl sites for hydroxylation is 1. The van der Waals surface area contributed by atoms with Crippen LogP contribution < -0.4 is 10.6 Å². The molecule has 0 aliphatic carbocycles. The Morgan fingerprint density at radius 3 is 2.65 bits per heavy atom. The third kappa shape index (κ3) is 8.57. The number of unbranched alkanes of at least 4 members (excludes halogenated alkanes) is 4. The summed E-state index contributed by atoms with van der Waals surface area (Å²) in [6.45, 7) is 9.00. The molecule has 1 aromatic heterocycles. The lowest BCUT2D eigenvalue weighted by molar-refractivity contribution is 0.477. The predicted molar refractivity (Wildman–Crippen MR) is 96.4 cm³/mol.